The van der Waals surface area contributed by atoms with Crippen molar-refractivity contribution in [1.82, 2.24) is 0 Å². The molecule has 0 aliphatic rings. The summed E-state index contributed by atoms with van der Waals surface area (Å²) in [4.78, 5) is 9.24. The van der Waals surface area contributed by atoms with Crippen LogP contribution in [0, 0.1) is 0 Å². The SMILES string of the molecule is NCC(=O)O.[MgH2].[SeH2]. The fourth-order valence-electron chi connectivity index (χ4n) is 0. The summed E-state index contributed by atoms with van der Waals surface area (Å²) in [5, 5.41) is 7.60. The van der Waals surface area contributed by atoms with Gasteiger partial charge in [-0.05, 0) is 0 Å². The number of carboxylic acids is 1. The average molecular weight is 182 g/mol. The van der Waals surface area contributed by atoms with Gasteiger partial charge in [0.25, 0.3) is 0 Å². The van der Waals surface area contributed by atoms with Gasteiger partial charge < -0.3 is 10.8 Å². The first kappa shape index (κ1) is 15.6. The third kappa shape index (κ3) is 20.2. The minimum atomic E-state index is -0.968. The number of hydrogen-bond donors (Lipinski definition) is 2. The Hall–Kier alpha value is 0.716. The van der Waals surface area contributed by atoms with Crippen molar-refractivity contribution in [3.05, 3.63) is 0 Å². The second-order valence-corrected chi connectivity index (χ2v) is 0.598. The molecule has 0 aliphatic heterocycles. The van der Waals surface area contributed by atoms with E-state index in [-0.39, 0.29) is 46.7 Å². The molecule has 0 bridgehead atoms. The Morgan fingerprint density at radius 2 is 1.86 bits per heavy atom. The molecule has 0 aromatic rings. The fraction of sp³-hybridized carbons (Fsp3) is 0.500. The van der Waals surface area contributed by atoms with E-state index >= 15 is 0 Å². The zero-order valence-corrected chi connectivity index (χ0v) is 5.24. The molecule has 0 unspecified atom stereocenters. The molecule has 0 rings (SSSR count). The quantitative estimate of drug-likeness (QED) is 0.431. The molecule has 0 saturated heterocycles. The van der Waals surface area contributed by atoms with Crippen molar-refractivity contribution in [3.8, 4) is 0 Å². The number of carbonyl (C=O) groups is 1. The molecule has 0 fully saturated rings. The van der Waals surface area contributed by atoms with E-state index in [1.165, 1.54) is 0 Å². The van der Waals surface area contributed by atoms with Gasteiger partial charge in [0, 0.05) is 0 Å². The van der Waals surface area contributed by atoms with Crippen LogP contribution in [0.15, 0.2) is 0 Å². The van der Waals surface area contributed by atoms with Crippen LogP contribution in [-0.2, 0) is 4.79 Å². The van der Waals surface area contributed by atoms with Crippen LogP contribution in [-0.4, -0.2) is 57.7 Å². The van der Waals surface area contributed by atoms with Gasteiger partial charge >= 0.3 is 46.1 Å². The van der Waals surface area contributed by atoms with Gasteiger partial charge in [0.05, 0.1) is 6.54 Å². The summed E-state index contributed by atoms with van der Waals surface area (Å²) >= 11 is 0. The van der Waals surface area contributed by atoms with Gasteiger partial charge in [-0.3, -0.25) is 4.79 Å². The average Bonchev–Trinajstić information content (AvgIpc) is 1.38. The third-order valence-electron chi connectivity index (χ3n) is 0.175. The summed E-state index contributed by atoms with van der Waals surface area (Å²) in [7, 11) is 0. The first-order valence-corrected chi connectivity index (χ1v) is 1.19. The molecular weight excluding hydrogens is 173 g/mol. The number of hydrogen-bond acceptors (Lipinski definition) is 2. The van der Waals surface area contributed by atoms with Crippen LogP contribution in [0.1, 0.15) is 0 Å². The summed E-state index contributed by atoms with van der Waals surface area (Å²) < 4.78 is 0. The van der Waals surface area contributed by atoms with E-state index in [1.54, 1.807) is 0 Å². The summed E-state index contributed by atoms with van der Waals surface area (Å²) in [5.41, 5.74) is 4.57. The molecule has 0 aliphatic carbocycles. The molecule has 0 spiro atoms. The van der Waals surface area contributed by atoms with E-state index < -0.39 is 5.97 Å². The predicted octanol–water partition coefficient (Wildman–Crippen LogP) is -2.80. The molecule has 0 atom stereocenters. The van der Waals surface area contributed by atoms with Crippen molar-refractivity contribution < 1.29 is 9.90 Å². The van der Waals surface area contributed by atoms with E-state index in [9.17, 15) is 4.79 Å². The zero-order valence-electron chi connectivity index (χ0n) is 3.14. The van der Waals surface area contributed by atoms with E-state index in [0.717, 1.165) is 0 Å². The molecule has 42 valence electrons. The van der Waals surface area contributed by atoms with Crippen molar-refractivity contribution in [2.24, 2.45) is 5.73 Å². The Bertz CT molecular complexity index is 51.0. The topological polar surface area (TPSA) is 63.3 Å². The van der Waals surface area contributed by atoms with Gasteiger partial charge in [0.15, 0.2) is 0 Å². The van der Waals surface area contributed by atoms with Crippen molar-refractivity contribution in [3.63, 3.8) is 0 Å². The Morgan fingerprint density at radius 3 is 1.86 bits per heavy atom. The van der Waals surface area contributed by atoms with Gasteiger partial charge in [-0.25, -0.2) is 0 Å². The number of nitrogens with two attached hydrogens (primary N) is 1. The summed E-state index contributed by atoms with van der Waals surface area (Å²) in [5.74, 6) is -0.968. The first-order valence-electron chi connectivity index (χ1n) is 1.19. The monoisotopic (exact) mass is 183 g/mol. The second-order valence-electron chi connectivity index (χ2n) is 0.598. The van der Waals surface area contributed by atoms with Crippen molar-refractivity contribution in [2.45, 2.75) is 0 Å². The number of rotatable bonds is 1. The van der Waals surface area contributed by atoms with Gasteiger partial charge in [0.2, 0.25) is 0 Å². The van der Waals surface area contributed by atoms with Crippen LogP contribution in [0.5, 0.6) is 0 Å². The fourth-order valence-corrected chi connectivity index (χ4v) is 0. The Balaban J connectivity index is -0.0000000800. The first-order chi connectivity index (χ1) is 2.27. The third-order valence-corrected chi connectivity index (χ3v) is 0.175. The molecule has 0 aromatic heterocycles. The maximum absolute atomic E-state index is 9.24. The second kappa shape index (κ2) is 9.87. The van der Waals surface area contributed by atoms with Crippen LogP contribution in [0.3, 0.4) is 0 Å². The molecule has 0 aromatic carbocycles. The van der Waals surface area contributed by atoms with E-state index in [1.807, 2.05) is 0 Å². The molecule has 0 heterocycles. The van der Waals surface area contributed by atoms with Crippen LogP contribution < -0.4 is 5.73 Å². The van der Waals surface area contributed by atoms with Gasteiger partial charge in [0.1, 0.15) is 0 Å². The normalized spacial score (nSPS) is 5.29. The number of aliphatic carboxylic acids is 1. The van der Waals surface area contributed by atoms with Crippen molar-refractivity contribution in [1.29, 1.82) is 0 Å². The van der Waals surface area contributed by atoms with Crippen LogP contribution >= 0.6 is 0 Å². The van der Waals surface area contributed by atoms with Crippen molar-refractivity contribution in [2.75, 3.05) is 6.54 Å². The predicted molar refractivity (Wildman–Crippen MR) is 33.8 cm³/mol. The van der Waals surface area contributed by atoms with E-state index in [4.69, 9.17) is 5.11 Å². The van der Waals surface area contributed by atoms with Crippen molar-refractivity contribution >= 4 is 46.1 Å². The van der Waals surface area contributed by atoms with Crippen LogP contribution in [0.2, 0.25) is 0 Å². The molecule has 3 nitrogen and oxygen atoms in total. The van der Waals surface area contributed by atoms with E-state index in [2.05, 4.69) is 5.73 Å². The summed E-state index contributed by atoms with van der Waals surface area (Å²) in [6, 6.07) is 0. The van der Waals surface area contributed by atoms with Crippen LogP contribution in [0.25, 0.3) is 0 Å². The van der Waals surface area contributed by atoms with E-state index in [0.29, 0.717) is 0 Å². The Kier molecular flexibility index (Phi) is 22.1. The summed E-state index contributed by atoms with van der Waals surface area (Å²) in [6.45, 7) is -0.278. The standard InChI is InChI=1S/C2H5NO2.Mg.H2Se.2H/c3-1-2(4)5;;;;/h1,3H2,(H,4,5);;1H2;;. The molecule has 7 heavy (non-hydrogen) atoms. The molecular formula is C2H9MgNO2Se. The zero-order chi connectivity index (χ0) is 4.28. The molecule has 0 radical (unpaired) electrons. The van der Waals surface area contributed by atoms with Gasteiger partial charge in [-0.15, -0.1) is 0 Å². The summed E-state index contributed by atoms with van der Waals surface area (Å²) in [6.07, 6.45) is 0. The maximum atomic E-state index is 9.24. The molecule has 5 heteroatoms. The Labute approximate surface area is 68.3 Å². The molecule has 3 N–H and O–H groups in total. The number of carboxylic acid groups (broad SMARTS) is 1. The minimum absolute atomic E-state index is 0. The van der Waals surface area contributed by atoms with Gasteiger partial charge in [-0.2, -0.15) is 0 Å². The Morgan fingerprint density at radius 1 is 1.71 bits per heavy atom. The van der Waals surface area contributed by atoms with Gasteiger partial charge in [-0.1, -0.05) is 0 Å². The molecule has 0 amide bonds. The molecule has 0 saturated carbocycles. The van der Waals surface area contributed by atoms with Crippen LogP contribution in [0.4, 0.5) is 0 Å².